The van der Waals surface area contributed by atoms with Crippen molar-refractivity contribution < 1.29 is 13.2 Å². The number of para-hydroxylation sites is 1. The maximum Gasteiger partial charge on any atom is 0.264 e. The number of carbonyl (C=O) groups excluding carboxylic acids is 1. The van der Waals surface area contributed by atoms with Crippen molar-refractivity contribution in [3.8, 4) is 0 Å². The normalized spacial score (nSPS) is 15.5. The van der Waals surface area contributed by atoms with Crippen molar-refractivity contribution >= 4 is 38.1 Å². The minimum Gasteiger partial charge on any atom is -0.298 e. The van der Waals surface area contributed by atoms with E-state index in [1.165, 1.54) is 32.7 Å². The topological polar surface area (TPSA) is 79.4 Å². The molecular weight excluding hydrogens is 418 g/mol. The summed E-state index contributed by atoms with van der Waals surface area (Å²) >= 11 is 1.52. The van der Waals surface area contributed by atoms with Crippen molar-refractivity contribution in [3.63, 3.8) is 0 Å². The molecule has 1 N–H and O–H groups in total. The molecule has 0 saturated heterocycles. The lowest BCUT2D eigenvalue weighted by molar-refractivity contribution is 0.102. The molecule has 0 atom stereocenters. The SMILES string of the molecule is O=C(Nc1nc2c(s1)CCC2)c1ccc(S(=O)(=O)N2CCCc3ccccc32)cc1. The highest BCUT2D eigenvalue weighted by atomic mass is 32.2. The molecule has 6 nitrogen and oxygen atoms in total. The Morgan fingerprint density at radius 2 is 1.80 bits per heavy atom. The summed E-state index contributed by atoms with van der Waals surface area (Å²) < 4.78 is 27.9. The van der Waals surface area contributed by atoms with E-state index in [2.05, 4.69) is 10.3 Å². The second kappa shape index (κ2) is 7.52. The summed E-state index contributed by atoms with van der Waals surface area (Å²) in [5.41, 5.74) is 3.27. The zero-order valence-corrected chi connectivity index (χ0v) is 17.9. The van der Waals surface area contributed by atoms with E-state index < -0.39 is 10.0 Å². The first-order valence-corrected chi connectivity index (χ1v) is 12.3. The predicted octanol–water partition coefficient (Wildman–Crippen LogP) is 4.03. The number of nitrogens with zero attached hydrogens (tertiary/aromatic N) is 2. The molecule has 3 aromatic rings. The van der Waals surface area contributed by atoms with E-state index in [4.69, 9.17) is 0 Å². The zero-order chi connectivity index (χ0) is 20.7. The molecule has 0 saturated carbocycles. The Morgan fingerprint density at radius 3 is 2.60 bits per heavy atom. The Labute approximate surface area is 179 Å². The van der Waals surface area contributed by atoms with Gasteiger partial charge in [0.2, 0.25) is 0 Å². The number of anilines is 2. The van der Waals surface area contributed by atoms with Gasteiger partial charge in [-0.15, -0.1) is 11.3 Å². The van der Waals surface area contributed by atoms with Gasteiger partial charge in [-0.05, 0) is 68.0 Å². The maximum absolute atomic E-state index is 13.2. The average molecular weight is 440 g/mol. The fraction of sp³-hybridized carbons (Fsp3) is 0.273. The van der Waals surface area contributed by atoms with Gasteiger partial charge in [-0.3, -0.25) is 14.4 Å². The Kier molecular flexibility index (Phi) is 4.83. The minimum atomic E-state index is -3.68. The molecule has 154 valence electrons. The molecule has 2 heterocycles. The summed E-state index contributed by atoms with van der Waals surface area (Å²) in [6.45, 7) is 0.455. The molecule has 1 aliphatic heterocycles. The molecule has 0 fully saturated rings. The number of aromatic nitrogens is 1. The summed E-state index contributed by atoms with van der Waals surface area (Å²) in [4.78, 5) is 18.5. The first-order chi connectivity index (χ1) is 14.5. The number of hydrogen-bond acceptors (Lipinski definition) is 5. The molecule has 8 heteroatoms. The van der Waals surface area contributed by atoms with Gasteiger partial charge in [0, 0.05) is 17.0 Å². The number of aryl methyl sites for hydroxylation is 3. The first kappa shape index (κ1) is 19.3. The Balaban J connectivity index is 1.36. The van der Waals surface area contributed by atoms with Crippen LogP contribution in [0.3, 0.4) is 0 Å². The lowest BCUT2D eigenvalue weighted by Gasteiger charge is -2.30. The zero-order valence-electron chi connectivity index (χ0n) is 16.3. The number of nitrogens with one attached hydrogen (secondary N) is 1. The number of amides is 1. The summed E-state index contributed by atoms with van der Waals surface area (Å²) in [5, 5.41) is 3.43. The third-order valence-electron chi connectivity index (χ3n) is 5.59. The number of benzene rings is 2. The van der Waals surface area contributed by atoms with Gasteiger partial charge < -0.3 is 0 Å². The fourth-order valence-corrected chi connectivity index (χ4v) is 6.65. The molecule has 1 aliphatic carbocycles. The molecule has 30 heavy (non-hydrogen) atoms. The van der Waals surface area contributed by atoms with Crippen molar-refractivity contribution in [2.45, 2.75) is 37.0 Å². The third kappa shape index (κ3) is 3.40. The number of rotatable bonds is 4. The fourth-order valence-electron chi connectivity index (χ4n) is 4.07. The van der Waals surface area contributed by atoms with Gasteiger partial charge in [-0.25, -0.2) is 13.4 Å². The molecule has 0 bridgehead atoms. The molecule has 1 amide bonds. The molecule has 0 radical (unpaired) electrons. The van der Waals surface area contributed by atoms with Gasteiger partial charge in [-0.1, -0.05) is 18.2 Å². The number of sulfonamides is 1. The van der Waals surface area contributed by atoms with Crippen LogP contribution in [0.2, 0.25) is 0 Å². The van der Waals surface area contributed by atoms with E-state index in [9.17, 15) is 13.2 Å². The second-order valence-corrected chi connectivity index (χ2v) is 10.5. The van der Waals surface area contributed by atoms with E-state index >= 15 is 0 Å². The van der Waals surface area contributed by atoms with Gasteiger partial charge in [0.25, 0.3) is 15.9 Å². The van der Waals surface area contributed by atoms with Crippen LogP contribution in [0.25, 0.3) is 0 Å². The largest absolute Gasteiger partial charge is 0.298 e. The summed E-state index contributed by atoms with van der Waals surface area (Å²) in [5.74, 6) is -0.283. The number of fused-ring (bicyclic) bond motifs is 2. The van der Waals surface area contributed by atoms with Crippen LogP contribution in [0.15, 0.2) is 53.4 Å². The van der Waals surface area contributed by atoms with Crippen LogP contribution in [0.4, 0.5) is 10.8 Å². The summed E-state index contributed by atoms with van der Waals surface area (Å²) in [7, 11) is -3.68. The Bertz CT molecular complexity index is 1200. The Hall–Kier alpha value is -2.71. The number of thiazole rings is 1. The first-order valence-electron chi connectivity index (χ1n) is 10.0. The quantitative estimate of drug-likeness (QED) is 0.666. The van der Waals surface area contributed by atoms with E-state index in [1.807, 2.05) is 24.3 Å². The van der Waals surface area contributed by atoms with Crippen molar-refractivity contribution in [2.75, 3.05) is 16.2 Å². The van der Waals surface area contributed by atoms with E-state index in [1.54, 1.807) is 12.1 Å². The van der Waals surface area contributed by atoms with Gasteiger partial charge in [0.1, 0.15) is 0 Å². The van der Waals surface area contributed by atoms with Crippen LogP contribution in [-0.2, 0) is 29.3 Å². The van der Waals surface area contributed by atoms with Crippen molar-refractivity contribution in [1.29, 1.82) is 0 Å². The number of hydrogen-bond donors (Lipinski definition) is 1. The highest BCUT2D eigenvalue weighted by molar-refractivity contribution is 7.92. The molecule has 2 aromatic carbocycles. The maximum atomic E-state index is 13.2. The van der Waals surface area contributed by atoms with Crippen LogP contribution in [0.1, 0.15) is 39.3 Å². The second-order valence-electron chi connectivity index (χ2n) is 7.53. The van der Waals surface area contributed by atoms with Crippen molar-refractivity contribution in [2.24, 2.45) is 0 Å². The summed E-state index contributed by atoms with van der Waals surface area (Å²) in [6.07, 6.45) is 4.78. The van der Waals surface area contributed by atoms with Gasteiger partial charge in [0.15, 0.2) is 5.13 Å². The van der Waals surface area contributed by atoms with E-state index in [0.29, 0.717) is 17.2 Å². The molecule has 1 aromatic heterocycles. The van der Waals surface area contributed by atoms with E-state index in [-0.39, 0.29) is 10.8 Å². The van der Waals surface area contributed by atoms with Crippen LogP contribution < -0.4 is 9.62 Å². The highest BCUT2D eigenvalue weighted by Gasteiger charge is 2.29. The average Bonchev–Trinajstić information content (AvgIpc) is 3.35. The Morgan fingerprint density at radius 1 is 1.00 bits per heavy atom. The van der Waals surface area contributed by atoms with Crippen LogP contribution in [-0.4, -0.2) is 25.9 Å². The lowest BCUT2D eigenvalue weighted by Crippen LogP contribution is -2.35. The number of carbonyl (C=O) groups is 1. The van der Waals surface area contributed by atoms with Gasteiger partial charge in [-0.2, -0.15) is 0 Å². The standard InChI is InChI=1S/C22H21N3O3S2/c26-21(24-22-23-18-7-3-9-20(18)29-22)16-10-12-17(13-11-16)30(27,28)25-14-4-6-15-5-1-2-8-19(15)25/h1-2,5,8,10-13H,3-4,6-7,9,14H2,(H,23,24,26). The summed E-state index contributed by atoms with van der Waals surface area (Å²) in [6, 6.07) is 13.7. The smallest absolute Gasteiger partial charge is 0.264 e. The molecule has 2 aliphatic rings. The monoisotopic (exact) mass is 439 g/mol. The minimum absolute atomic E-state index is 0.184. The van der Waals surface area contributed by atoms with Crippen molar-refractivity contribution in [1.82, 2.24) is 4.98 Å². The molecular formula is C22H21N3O3S2. The van der Waals surface area contributed by atoms with Crippen LogP contribution in [0.5, 0.6) is 0 Å². The highest BCUT2D eigenvalue weighted by Crippen LogP contribution is 2.32. The third-order valence-corrected chi connectivity index (χ3v) is 8.49. The molecule has 0 spiro atoms. The van der Waals surface area contributed by atoms with Crippen LogP contribution in [0, 0.1) is 0 Å². The van der Waals surface area contributed by atoms with Crippen LogP contribution >= 0.6 is 11.3 Å². The molecule has 0 unspecified atom stereocenters. The lowest BCUT2D eigenvalue weighted by atomic mass is 10.0. The predicted molar refractivity (Wildman–Crippen MR) is 118 cm³/mol. The van der Waals surface area contributed by atoms with Gasteiger partial charge >= 0.3 is 0 Å². The van der Waals surface area contributed by atoms with E-state index in [0.717, 1.165) is 49.0 Å². The van der Waals surface area contributed by atoms with Crippen molar-refractivity contribution in [3.05, 3.63) is 70.2 Å². The molecule has 5 rings (SSSR count). The van der Waals surface area contributed by atoms with Gasteiger partial charge in [0.05, 0.1) is 16.3 Å².